The van der Waals surface area contributed by atoms with Gasteiger partial charge in [-0.25, -0.2) is 0 Å². The van der Waals surface area contributed by atoms with Gasteiger partial charge in [-0.15, -0.1) is 0 Å². The van der Waals surface area contributed by atoms with Crippen LogP contribution in [-0.2, 0) is 9.47 Å². The minimum absolute atomic E-state index is 0.603. The van der Waals surface area contributed by atoms with Crippen molar-refractivity contribution in [3.63, 3.8) is 0 Å². The van der Waals surface area contributed by atoms with E-state index < -0.39 is 0 Å². The van der Waals surface area contributed by atoms with Crippen LogP contribution in [0.2, 0.25) is 0 Å². The van der Waals surface area contributed by atoms with Gasteiger partial charge in [0.25, 0.3) is 0 Å². The molecule has 2 fully saturated rings. The Morgan fingerprint density at radius 3 is 2.81 bits per heavy atom. The molecule has 0 aliphatic carbocycles. The fraction of sp³-hybridized carbons (Fsp3) is 0.952. The third-order valence-electron chi connectivity index (χ3n) is 5.76. The van der Waals surface area contributed by atoms with Crippen LogP contribution < -0.4 is 5.32 Å². The van der Waals surface area contributed by atoms with E-state index in [1.165, 1.54) is 51.6 Å². The number of piperidine rings is 1. The van der Waals surface area contributed by atoms with E-state index in [0.29, 0.717) is 19.1 Å². The summed E-state index contributed by atoms with van der Waals surface area (Å²) in [6.45, 7) is 13.2. The molecule has 2 aliphatic rings. The number of nitrogens with one attached hydrogen (secondary N) is 1. The number of aliphatic imine (C=N–C) groups is 1. The van der Waals surface area contributed by atoms with E-state index in [4.69, 9.17) is 14.5 Å². The van der Waals surface area contributed by atoms with Gasteiger partial charge in [0.2, 0.25) is 0 Å². The smallest absolute Gasteiger partial charge is 0.193 e. The van der Waals surface area contributed by atoms with E-state index in [1.54, 1.807) is 7.11 Å². The molecular weight excluding hydrogens is 340 g/mol. The van der Waals surface area contributed by atoms with E-state index in [2.05, 4.69) is 29.0 Å². The van der Waals surface area contributed by atoms with Crippen molar-refractivity contribution >= 4 is 5.96 Å². The zero-order chi connectivity index (χ0) is 19.3. The summed E-state index contributed by atoms with van der Waals surface area (Å²) in [5, 5.41) is 3.47. The van der Waals surface area contributed by atoms with Crippen molar-refractivity contribution in [1.29, 1.82) is 0 Å². The first kappa shape index (κ1) is 22.4. The van der Waals surface area contributed by atoms with Gasteiger partial charge in [0.15, 0.2) is 5.96 Å². The second kappa shape index (κ2) is 13.3. The number of methoxy groups -OCH3 is 1. The maximum Gasteiger partial charge on any atom is 0.193 e. The molecule has 2 atom stereocenters. The number of unbranched alkanes of at least 4 members (excludes halogenated alkanes) is 1. The lowest BCUT2D eigenvalue weighted by Crippen LogP contribution is -2.40. The minimum Gasteiger partial charge on any atom is -0.382 e. The van der Waals surface area contributed by atoms with Crippen molar-refractivity contribution in [2.45, 2.75) is 58.4 Å². The number of hydrogen-bond acceptors (Lipinski definition) is 4. The minimum atomic E-state index is 0.603. The van der Waals surface area contributed by atoms with E-state index in [9.17, 15) is 0 Å². The molecule has 0 spiro atoms. The molecule has 0 radical (unpaired) electrons. The van der Waals surface area contributed by atoms with Crippen molar-refractivity contribution in [2.75, 3.05) is 66.2 Å². The molecule has 2 aliphatic heterocycles. The number of likely N-dealkylation sites (tertiary alicyclic amines) is 2. The quantitative estimate of drug-likeness (QED) is 0.338. The highest BCUT2D eigenvalue weighted by atomic mass is 16.5. The Bertz CT molecular complexity index is 419. The number of ether oxygens (including phenoxy) is 2. The Morgan fingerprint density at radius 2 is 2.04 bits per heavy atom. The van der Waals surface area contributed by atoms with Crippen LogP contribution in [0.5, 0.6) is 0 Å². The highest BCUT2D eigenvalue weighted by Crippen LogP contribution is 2.18. The van der Waals surface area contributed by atoms with Gasteiger partial charge in [-0.3, -0.25) is 4.99 Å². The van der Waals surface area contributed by atoms with Gasteiger partial charge in [0.1, 0.15) is 0 Å². The van der Waals surface area contributed by atoms with Crippen LogP contribution in [-0.4, -0.2) is 88.0 Å². The van der Waals surface area contributed by atoms with Crippen LogP contribution in [0.1, 0.15) is 52.4 Å². The molecule has 1 N–H and O–H groups in total. The van der Waals surface area contributed by atoms with Crippen LogP contribution in [0.4, 0.5) is 0 Å². The normalized spacial score (nSPS) is 24.6. The summed E-state index contributed by atoms with van der Waals surface area (Å²) in [4.78, 5) is 9.96. The van der Waals surface area contributed by atoms with E-state index >= 15 is 0 Å². The standard InChI is InChI=1S/C21H42N4O2/c1-4-22-21(25-14-10-20(17-25)18-27-16-15-26-3)23-11-6-8-13-24-12-7-5-9-19(24)2/h19-20H,4-18H2,1-3H3,(H,22,23). The van der Waals surface area contributed by atoms with Gasteiger partial charge in [-0.2, -0.15) is 0 Å². The summed E-state index contributed by atoms with van der Waals surface area (Å²) >= 11 is 0. The van der Waals surface area contributed by atoms with Crippen molar-refractivity contribution < 1.29 is 9.47 Å². The van der Waals surface area contributed by atoms with Gasteiger partial charge >= 0.3 is 0 Å². The second-order valence-electron chi connectivity index (χ2n) is 7.99. The molecule has 2 unspecified atom stereocenters. The Morgan fingerprint density at radius 1 is 1.15 bits per heavy atom. The Labute approximate surface area is 166 Å². The monoisotopic (exact) mass is 382 g/mol. The summed E-state index contributed by atoms with van der Waals surface area (Å²) in [5.41, 5.74) is 0. The summed E-state index contributed by atoms with van der Waals surface area (Å²) in [5.74, 6) is 1.69. The van der Waals surface area contributed by atoms with Gasteiger partial charge in [-0.05, 0) is 59.0 Å². The average molecular weight is 383 g/mol. The molecule has 2 heterocycles. The molecular formula is C21H42N4O2. The van der Waals surface area contributed by atoms with E-state index in [1.807, 2.05) is 0 Å². The molecule has 27 heavy (non-hydrogen) atoms. The highest BCUT2D eigenvalue weighted by Gasteiger charge is 2.25. The summed E-state index contributed by atoms with van der Waals surface area (Å²) < 4.78 is 10.7. The lowest BCUT2D eigenvalue weighted by Gasteiger charge is -2.33. The number of guanidine groups is 1. The average Bonchev–Trinajstić information content (AvgIpc) is 3.14. The van der Waals surface area contributed by atoms with E-state index in [0.717, 1.165) is 44.8 Å². The highest BCUT2D eigenvalue weighted by molar-refractivity contribution is 5.80. The molecule has 2 rings (SSSR count). The van der Waals surface area contributed by atoms with Crippen LogP contribution in [0.3, 0.4) is 0 Å². The summed E-state index contributed by atoms with van der Waals surface area (Å²) in [7, 11) is 1.72. The lowest BCUT2D eigenvalue weighted by molar-refractivity contribution is 0.0536. The van der Waals surface area contributed by atoms with Gasteiger partial charge < -0.3 is 24.6 Å². The molecule has 0 saturated carbocycles. The van der Waals surface area contributed by atoms with Crippen molar-refractivity contribution in [3.8, 4) is 0 Å². The number of nitrogens with zero attached hydrogens (tertiary/aromatic N) is 3. The summed E-state index contributed by atoms with van der Waals surface area (Å²) in [6.07, 6.45) is 7.76. The van der Waals surface area contributed by atoms with Crippen LogP contribution >= 0.6 is 0 Å². The zero-order valence-electron chi connectivity index (χ0n) is 17.9. The maximum atomic E-state index is 5.71. The topological polar surface area (TPSA) is 49.3 Å². The third kappa shape index (κ3) is 8.36. The zero-order valence-corrected chi connectivity index (χ0v) is 17.9. The van der Waals surface area contributed by atoms with Crippen molar-refractivity contribution in [2.24, 2.45) is 10.9 Å². The fourth-order valence-corrected chi connectivity index (χ4v) is 4.08. The van der Waals surface area contributed by atoms with Gasteiger partial charge in [0, 0.05) is 45.2 Å². The SMILES string of the molecule is CCNC(=NCCCCN1CCCCC1C)N1CCC(COCCOC)C1. The molecule has 0 aromatic carbocycles. The van der Waals surface area contributed by atoms with Crippen LogP contribution in [0, 0.1) is 5.92 Å². The predicted molar refractivity (Wildman–Crippen MR) is 112 cm³/mol. The van der Waals surface area contributed by atoms with E-state index in [-0.39, 0.29) is 0 Å². The number of rotatable bonds is 11. The molecule has 6 heteroatoms. The first-order valence-electron chi connectivity index (χ1n) is 11.1. The molecule has 158 valence electrons. The largest absolute Gasteiger partial charge is 0.382 e. The van der Waals surface area contributed by atoms with Gasteiger partial charge in [-0.1, -0.05) is 6.42 Å². The molecule has 0 aromatic rings. The third-order valence-corrected chi connectivity index (χ3v) is 5.76. The Kier molecular flexibility index (Phi) is 11.1. The number of hydrogen-bond donors (Lipinski definition) is 1. The second-order valence-corrected chi connectivity index (χ2v) is 7.99. The Hall–Kier alpha value is -0.850. The lowest BCUT2D eigenvalue weighted by atomic mass is 10.0. The first-order valence-corrected chi connectivity index (χ1v) is 11.1. The van der Waals surface area contributed by atoms with Crippen molar-refractivity contribution in [3.05, 3.63) is 0 Å². The van der Waals surface area contributed by atoms with Gasteiger partial charge in [0.05, 0.1) is 19.8 Å². The maximum absolute atomic E-state index is 5.71. The molecule has 2 saturated heterocycles. The van der Waals surface area contributed by atoms with Crippen LogP contribution in [0.15, 0.2) is 4.99 Å². The van der Waals surface area contributed by atoms with Crippen molar-refractivity contribution in [1.82, 2.24) is 15.1 Å². The molecule has 0 aromatic heterocycles. The Balaban J connectivity index is 1.66. The molecule has 0 bridgehead atoms. The molecule has 6 nitrogen and oxygen atoms in total. The first-order chi connectivity index (χ1) is 13.2. The fourth-order valence-electron chi connectivity index (χ4n) is 4.08. The molecule has 0 amide bonds. The summed E-state index contributed by atoms with van der Waals surface area (Å²) in [6, 6.07) is 0.771. The van der Waals surface area contributed by atoms with Crippen LogP contribution in [0.25, 0.3) is 0 Å². The predicted octanol–water partition coefficient (Wildman–Crippen LogP) is 2.59.